The maximum absolute atomic E-state index is 12.4. The normalized spacial score (nSPS) is 12.4. The number of sulfone groups is 1. The molecule has 2 aromatic rings. The quantitative estimate of drug-likeness (QED) is 0.930. The molecule has 114 valence electrons. The van der Waals surface area contributed by atoms with Crippen molar-refractivity contribution in [3.8, 4) is 0 Å². The average molecular weight is 321 g/mol. The van der Waals surface area contributed by atoms with Gasteiger partial charge in [-0.25, -0.2) is 8.42 Å². The number of rotatable bonds is 4. The number of benzene rings is 1. The van der Waals surface area contributed by atoms with Gasteiger partial charge in [0, 0.05) is 5.69 Å². The first-order chi connectivity index (χ1) is 9.70. The SMILES string of the molecule is Cc1noc(CNc2ccc(S(=O)(=O)C(F)(F)F)cc2)n1. The van der Waals surface area contributed by atoms with E-state index in [1.165, 1.54) is 12.1 Å². The predicted octanol–water partition coefficient (Wildman–Crippen LogP) is 2.28. The van der Waals surface area contributed by atoms with Crippen LogP contribution in [-0.4, -0.2) is 24.1 Å². The number of alkyl halides is 3. The van der Waals surface area contributed by atoms with Crippen molar-refractivity contribution in [2.45, 2.75) is 23.9 Å². The number of hydrogen-bond donors (Lipinski definition) is 1. The number of nitrogens with zero attached hydrogens (tertiary/aromatic N) is 2. The van der Waals surface area contributed by atoms with E-state index in [2.05, 4.69) is 15.5 Å². The van der Waals surface area contributed by atoms with Crippen LogP contribution in [0.5, 0.6) is 0 Å². The third-order valence-electron chi connectivity index (χ3n) is 2.48. The van der Waals surface area contributed by atoms with Crippen LogP contribution in [0.1, 0.15) is 11.7 Å². The van der Waals surface area contributed by atoms with E-state index >= 15 is 0 Å². The Morgan fingerprint density at radius 3 is 2.33 bits per heavy atom. The summed E-state index contributed by atoms with van der Waals surface area (Å²) < 4.78 is 64.3. The maximum atomic E-state index is 12.4. The molecule has 1 aromatic heterocycles. The van der Waals surface area contributed by atoms with Crippen molar-refractivity contribution < 1.29 is 26.1 Å². The Hall–Kier alpha value is -2.10. The highest BCUT2D eigenvalue weighted by atomic mass is 32.2. The lowest BCUT2D eigenvalue weighted by Crippen LogP contribution is -2.23. The molecule has 1 heterocycles. The van der Waals surface area contributed by atoms with E-state index in [1.807, 2.05) is 0 Å². The molecule has 2 rings (SSSR count). The van der Waals surface area contributed by atoms with Crippen LogP contribution in [0.25, 0.3) is 0 Å². The fourth-order valence-corrected chi connectivity index (χ4v) is 2.24. The van der Waals surface area contributed by atoms with E-state index in [-0.39, 0.29) is 6.54 Å². The van der Waals surface area contributed by atoms with Crippen molar-refractivity contribution in [2.75, 3.05) is 5.32 Å². The summed E-state index contributed by atoms with van der Waals surface area (Å²) >= 11 is 0. The molecule has 0 atom stereocenters. The third-order valence-corrected chi connectivity index (χ3v) is 3.98. The van der Waals surface area contributed by atoms with Crippen LogP contribution in [0.2, 0.25) is 0 Å². The molecule has 0 radical (unpaired) electrons. The molecular weight excluding hydrogens is 311 g/mol. The molecule has 0 saturated carbocycles. The van der Waals surface area contributed by atoms with Crippen molar-refractivity contribution in [1.82, 2.24) is 10.1 Å². The Bertz CT molecular complexity index is 723. The molecule has 21 heavy (non-hydrogen) atoms. The largest absolute Gasteiger partial charge is 0.501 e. The molecule has 0 aliphatic heterocycles. The zero-order chi connectivity index (χ0) is 15.7. The van der Waals surface area contributed by atoms with E-state index in [0.717, 1.165) is 12.1 Å². The number of halogens is 3. The van der Waals surface area contributed by atoms with Crippen molar-refractivity contribution in [1.29, 1.82) is 0 Å². The monoisotopic (exact) mass is 321 g/mol. The Labute approximate surface area is 117 Å². The van der Waals surface area contributed by atoms with Crippen molar-refractivity contribution in [2.24, 2.45) is 0 Å². The van der Waals surface area contributed by atoms with Gasteiger partial charge >= 0.3 is 5.51 Å². The van der Waals surface area contributed by atoms with Crippen molar-refractivity contribution in [3.63, 3.8) is 0 Å². The molecule has 0 amide bonds. The summed E-state index contributed by atoms with van der Waals surface area (Å²) in [6.45, 7) is 1.82. The Kier molecular flexibility index (Phi) is 3.90. The fourth-order valence-electron chi connectivity index (χ4n) is 1.48. The molecule has 0 aliphatic carbocycles. The fraction of sp³-hybridized carbons (Fsp3) is 0.273. The van der Waals surface area contributed by atoms with Gasteiger partial charge in [-0.1, -0.05) is 5.16 Å². The summed E-state index contributed by atoms with van der Waals surface area (Å²) in [5.41, 5.74) is -4.89. The molecule has 0 fully saturated rings. The molecule has 0 bridgehead atoms. The van der Waals surface area contributed by atoms with Gasteiger partial charge < -0.3 is 9.84 Å². The van der Waals surface area contributed by atoms with E-state index in [1.54, 1.807) is 6.92 Å². The zero-order valence-electron chi connectivity index (χ0n) is 10.7. The number of nitrogens with one attached hydrogen (secondary N) is 1. The highest BCUT2D eigenvalue weighted by Gasteiger charge is 2.46. The van der Waals surface area contributed by atoms with Crippen LogP contribution >= 0.6 is 0 Å². The summed E-state index contributed by atoms with van der Waals surface area (Å²) in [6.07, 6.45) is 0. The molecule has 1 aromatic carbocycles. The van der Waals surface area contributed by atoms with E-state index in [4.69, 9.17) is 4.52 Å². The van der Waals surface area contributed by atoms with Crippen LogP contribution in [0.4, 0.5) is 18.9 Å². The molecular formula is C11H10F3N3O3S. The predicted molar refractivity (Wildman–Crippen MR) is 66.0 cm³/mol. The lowest BCUT2D eigenvalue weighted by molar-refractivity contribution is -0.0436. The van der Waals surface area contributed by atoms with E-state index in [0.29, 0.717) is 17.4 Å². The van der Waals surface area contributed by atoms with Crippen molar-refractivity contribution in [3.05, 3.63) is 36.0 Å². The van der Waals surface area contributed by atoms with Crippen LogP contribution in [-0.2, 0) is 16.4 Å². The number of anilines is 1. The van der Waals surface area contributed by atoms with Gasteiger partial charge in [-0.15, -0.1) is 0 Å². The lowest BCUT2D eigenvalue weighted by atomic mass is 10.3. The second kappa shape index (κ2) is 5.35. The summed E-state index contributed by atoms with van der Waals surface area (Å²) in [4.78, 5) is 3.12. The van der Waals surface area contributed by atoms with Gasteiger partial charge in [0.05, 0.1) is 11.4 Å². The summed E-state index contributed by atoms with van der Waals surface area (Å²) in [6, 6.07) is 4.21. The number of hydrogen-bond acceptors (Lipinski definition) is 6. The lowest BCUT2D eigenvalue weighted by Gasteiger charge is -2.09. The molecule has 6 nitrogen and oxygen atoms in total. The van der Waals surface area contributed by atoms with Crippen LogP contribution in [0.3, 0.4) is 0 Å². The molecule has 1 N–H and O–H groups in total. The summed E-state index contributed by atoms with van der Waals surface area (Å²) in [7, 11) is -5.33. The Morgan fingerprint density at radius 2 is 1.86 bits per heavy atom. The first-order valence-electron chi connectivity index (χ1n) is 5.64. The van der Waals surface area contributed by atoms with Gasteiger partial charge in [-0.3, -0.25) is 0 Å². The van der Waals surface area contributed by atoms with Gasteiger partial charge in [-0.2, -0.15) is 18.2 Å². The Balaban J connectivity index is 2.09. The average Bonchev–Trinajstić information content (AvgIpc) is 2.81. The van der Waals surface area contributed by atoms with Gasteiger partial charge in [0.2, 0.25) is 5.89 Å². The van der Waals surface area contributed by atoms with E-state index < -0.39 is 20.2 Å². The van der Waals surface area contributed by atoms with Crippen LogP contribution in [0, 0.1) is 6.92 Å². The zero-order valence-corrected chi connectivity index (χ0v) is 11.5. The maximum Gasteiger partial charge on any atom is 0.501 e. The van der Waals surface area contributed by atoms with Gasteiger partial charge in [-0.05, 0) is 31.2 Å². The molecule has 0 unspecified atom stereocenters. The minimum atomic E-state index is -5.33. The molecule has 0 spiro atoms. The minimum Gasteiger partial charge on any atom is -0.376 e. The van der Waals surface area contributed by atoms with Gasteiger partial charge in [0.15, 0.2) is 5.82 Å². The second-order valence-electron chi connectivity index (χ2n) is 4.06. The van der Waals surface area contributed by atoms with Gasteiger partial charge in [0.25, 0.3) is 9.84 Å². The van der Waals surface area contributed by atoms with Crippen LogP contribution in [0.15, 0.2) is 33.7 Å². The molecule has 0 aliphatic rings. The van der Waals surface area contributed by atoms with E-state index in [9.17, 15) is 21.6 Å². The topological polar surface area (TPSA) is 85.1 Å². The van der Waals surface area contributed by atoms with Crippen molar-refractivity contribution >= 4 is 15.5 Å². The smallest absolute Gasteiger partial charge is 0.376 e. The summed E-state index contributed by atoms with van der Waals surface area (Å²) in [5, 5.41) is 6.39. The standard InChI is InChI=1S/C11H10F3N3O3S/c1-7-16-10(20-17-7)6-15-8-2-4-9(5-3-8)21(18,19)11(12,13)14/h2-5,15H,6H2,1H3. The van der Waals surface area contributed by atoms with Gasteiger partial charge in [0.1, 0.15) is 0 Å². The number of aryl methyl sites for hydroxylation is 1. The minimum absolute atomic E-state index is 0.173. The Morgan fingerprint density at radius 1 is 1.24 bits per heavy atom. The highest BCUT2D eigenvalue weighted by molar-refractivity contribution is 7.92. The first kappa shape index (κ1) is 15.3. The second-order valence-corrected chi connectivity index (χ2v) is 6.00. The highest BCUT2D eigenvalue weighted by Crippen LogP contribution is 2.30. The van der Waals surface area contributed by atoms with Crippen LogP contribution < -0.4 is 5.32 Å². The molecule has 0 saturated heterocycles. The first-order valence-corrected chi connectivity index (χ1v) is 7.13. The number of aromatic nitrogens is 2. The molecule has 10 heteroatoms. The third kappa shape index (κ3) is 3.32. The summed E-state index contributed by atoms with van der Waals surface area (Å²) in [5.74, 6) is 0.762.